The first-order chi connectivity index (χ1) is 16.1. The largest absolute Gasteiger partial charge is 0.352 e. The van der Waals surface area contributed by atoms with Gasteiger partial charge < -0.3 is 10.2 Å². The average Bonchev–Trinajstić information content (AvgIpc) is 2.85. The Hall–Kier alpha value is -2.17. The third kappa shape index (κ3) is 4.61. The van der Waals surface area contributed by atoms with Crippen molar-refractivity contribution in [2.24, 2.45) is 5.92 Å². The number of rotatable bonds is 6. The number of fused-ring (bicyclic) bond motifs is 3. The summed E-state index contributed by atoms with van der Waals surface area (Å²) < 4.78 is 0. The topological polar surface area (TPSA) is 35.6 Å². The van der Waals surface area contributed by atoms with Crippen molar-refractivity contribution in [1.29, 1.82) is 0 Å². The summed E-state index contributed by atoms with van der Waals surface area (Å²) in [5.41, 5.74) is 2.94. The molecule has 4 fully saturated rings. The van der Waals surface area contributed by atoms with Crippen LogP contribution in [-0.2, 0) is 4.79 Å². The van der Waals surface area contributed by atoms with Crippen molar-refractivity contribution in [3.63, 3.8) is 0 Å². The highest BCUT2D eigenvalue weighted by atomic mass is 16.2. The molecule has 176 valence electrons. The van der Waals surface area contributed by atoms with Crippen molar-refractivity contribution in [3.8, 4) is 0 Å². The lowest BCUT2D eigenvalue weighted by Gasteiger charge is -2.61. The molecular formula is C29H39N3O. The number of benzene rings is 2. The van der Waals surface area contributed by atoms with Crippen LogP contribution in [0.2, 0.25) is 0 Å². The van der Waals surface area contributed by atoms with Crippen molar-refractivity contribution in [2.75, 3.05) is 33.7 Å². The van der Waals surface area contributed by atoms with Crippen LogP contribution in [0.3, 0.4) is 0 Å². The second-order valence-electron chi connectivity index (χ2n) is 10.9. The third-order valence-corrected chi connectivity index (χ3v) is 8.76. The molecule has 2 aromatic carbocycles. The number of nitrogens with zero attached hydrogens (tertiary/aromatic N) is 2. The molecule has 4 heteroatoms. The minimum absolute atomic E-state index is 0.0961. The summed E-state index contributed by atoms with van der Waals surface area (Å²) in [7, 11) is 4.48. The molecule has 4 aliphatic rings. The molecule has 0 spiro atoms. The Balaban J connectivity index is 1.47. The number of hydrogen-bond acceptors (Lipinski definition) is 3. The van der Waals surface area contributed by atoms with Crippen LogP contribution < -0.4 is 5.32 Å². The van der Waals surface area contributed by atoms with Gasteiger partial charge in [-0.15, -0.1) is 0 Å². The average molecular weight is 446 g/mol. The van der Waals surface area contributed by atoms with Crippen molar-refractivity contribution >= 4 is 5.91 Å². The first-order valence-electron chi connectivity index (χ1n) is 12.8. The fourth-order valence-electron chi connectivity index (χ4n) is 7.08. The standard InChI is InChI=1S/C29H39N3O/c1-31(2)29-18-24(22-12-6-3-7-13-22)28(25(19-29)23-14-8-4-9-15-23)26(20-29)30-27(33)21-32-16-10-5-11-17-32/h3-4,6-9,12-15,24-26,28H,5,10-11,16-21H2,1-2H3,(H,30,33). The van der Waals surface area contributed by atoms with Crippen LogP contribution in [-0.4, -0.2) is 61.0 Å². The van der Waals surface area contributed by atoms with Gasteiger partial charge in [-0.05, 0) is 88.2 Å². The molecule has 3 aliphatic carbocycles. The lowest BCUT2D eigenvalue weighted by molar-refractivity contribution is -0.126. The Morgan fingerprint density at radius 2 is 1.42 bits per heavy atom. The molecule has 3 atom stereocenters. The molecule has 1 aliphatic heterocycles. The molecular weight excluding hydrogens is 406 g/mol. The van der Waals surface area contributed by atoms with Crippen molar-refractivity contribution in [1.82, 2.24) is 15.1 Å². The van der Waals surface area contributed by atoms with Crippen LogP contribution in [0.1, 0.15) is 61.5 Å². The van der Waals surface area contributed by atoms with Gasteiger partial charge in [0.1, 0.15) is 0 Å². The predicted octanol–water partition coefficient (Wildman–Crippen LogP) is 4.64. The van der Waals surface area contributed by atoms with E-state index < -0.39 is 0 Å². The Morgan fingerprint density at radius 3 is 1.94 bits per heavy atom. The number of hydrogen-bond donors (Lipinski definition) is 1. The smallest absolute Gasteiger partial charge is 0.234 e. The summed E-state index contributed by atoms with van der Waals surface area (Å²) in [6, 6.07) is 22.3. The van der Waals surface area contributed by atoms with Gasteiger partial charge in [0.25, 0.3) is 0 Å². The maximum Gasteiger partial charge on any atom is 0.234 e. The second-order valence-corrected chi connectivity index (χ2v) is 10.9. The normalized spacial score (nSPS) is 32.1. The van der Waals surface area contributed by atoms with Crippen molar-refractivity contribution in [3.05, 3.63) is 71.8 Å². The van der Waals surface area contributed by atoms with Gasteiger partial charge in [0, 0.05) is 11.6 Å². The van der Waals surface area contributed by atoms with Gasteiger partial charge in [-0.3, -0.25) is 9.69 Å². The van der Waals surface area contributed by atoms with E-state index in [1.54, 1.807) is 0 Å². The maximum absolute atomic E-state index is 13.2. The van der Waals surface area contributed by atoms with E-state index in [1.807, 2.05) is 0 Å². The van der Waals surface area contributed by atoms with Gasteiger partial charge in [-0.1, -0.05) is 67.1 Å². The number of nitrogens with one attached hydrogen (secondary N) is 1. The highest BCUT2D eigenvalue weighted by Crippen LogP contribution is 2.59. The first-order valence-corrected chi connectivity index (χ1v) is 12.8. The summed E-state index contributed by atoms with van der Waals surface area (Å²) in [6.45, 7) is 2.66. The molecule has 1 N–H and O–H groups in total. The Bertz CT molecular complexity index is 873. The molecule has 2 bridgehead atoms. The van der Waals surface area contributed by atoms with Gasteiger partial charge in [0.05, 0.1) is 6.54 Å². The van der Waals surface area contributed by atoms with Gasteiger partial charge in [0.2, 0.25) is 5.91 Å². The molecule has 3 saturated carbocycles. The van der Waals surface area contributed by atoms with Crippen LogP contribution in [0.15, 0.2) is 60.7 Å². The third-order valence-electron chi connectivity index (χ3n) is 8.76. The quantitative estimate of drug-likeness (QED) is 0.704. The molecule has 2 aromatic rings. The molecule has 4 nitrogen and oxygen atoms in total. The van der Waals surface area contributed by atoms with E-state index in [4.69, 9.17) is 0 Å². The molecule has 1 saturated heterocycles. The van der Waals surface area contributed by atoms with Crippen LogP contribution in [0, 0.1) is 5.92 Å². The Labute approximate surface area is 199 Å². The van der Waals surface area contributed by atoms with Crippen LogP contribution in [0.5, 0.6) is 0 Å². The van der Waals surface area contributed by atoms with E-state index in [0.717, 1.165) is 32.4 Å². The highest BCUT2D eigenvalue weighted by Gasteiger charge is 2.57. The summed E-state index contributed by atoms with van der Waals surface area (Å²) in [5.74, 6) is 1.52. The first kappa shape index (κ1) is 22.6. The minimum Gasteiger partial charge on any atom is -0.352 e. The summed E-state index contributed by atoms with van der Waals surface area (Å²) in [4.78, 5) is 18.0. The fourth-order valence-corrected chi connectivity index (χ4v) is 7.08. The van der Waals surface area contributed by atoms with E-state index in [9.17, 15) is 4.79 Å². The SMILES string of the molecule is CN(C)C12CC(NC(=O)CN3CCCCC3)C(C(c3ccccc3)C1)C(c1ccccc1)C2. The summed E-state index contributed by atoms with van der Waals surface area (Å²) in [5, 5.41) is 3.57. The van der Waals surface area contributed by atoms with Gasteiger partial charge >= 0.3 is 0 Å². The van der Waals surface area contributed by atoms with E-state index in [2.05, 4.69) is 89.9 Å². The van der Waals surface area contributed by atoms with E-state index in [-0.39, 0.29) is 17.5 Å². The minimum atomic E-state index is 0.0961. The van der Waals surface area contributed by atoms with Crippen molar-refractivity contribution < 1.29 is 4.79 Å². The zero-order chi connectivity index (χ0) is 22.8. The summed E-state index contributed by atoms with van der Waals surface area (Å²) >= 11 is 0. The fraction of sp³-hybridized carbons (Fsp3) is 0.552. The predicted molar refractivity (Wildman–Crippen MR) is 134 cm³/mol. The van der Waals surface area contributed by atoms with E-state index in [0.29, 0.717) is 24.3 Å². The molecule has 0 radical (unpaired) electrons. The molecule has 6 rings (SSSR count). The number of carbonyl (C=O) groups is 1. The van der Waals surface area contributed by atoms with Gasteiger partial charge in [-0.25, -0.2) is 0 Å². The molecule has 33 heavy (non-hydrogen) atoms. The molecule has 3 unspecified atom stereocenters. The number of likely N-dealkylation sites (tertiary alicyclic amines) is 1. The van der Waals surface area contributed by atoms with Gasteiger partial charge in [0.15, 0.2) is 0 Å². The van der Waals surface area contributed by atoms with Crippen LogP contribution >= 0.6 is 0 Å². The van der Waals surface area contributed by atoms with E-state index >= 15 is 0 Å². The van der Waals surface area contributed by atoms with Gasteiger partial charge in [-0.2, -0.15) is 0 Å². The number of piperidine rings is 1. The summed E-state index contributed by atoms with van der Waals surface area (Å²) in [6.07, 6.45) is 7.10. The lowest BCUT2D eigenvalue weighted by atomic mass is 9.51. The van der Waals surface area contributed by atoms with E-state index in [1.165, 1.54) is 30.4 Å². The molecule has 0 aromatic heterocycles. The molecule has 1 heterocycles. The molecule has 1 amide bonds. The number of carbonyl (C=O) groups excluding carboxylic acids is 1. The van der Waals surface area contributed by atoms with Crippen LogP contribution in [0.4, 0.5) is 0 Å². The van der Waals surface area contributed by atoms with Crippen molar-refractivity contribution in [2.45, 2.75) is 61.9 Å². The Morgan fingerprint density at radius 1 is 0.879 bits per heavy atom. The maximum atomic E-state index is 13.2. The second kappa shape index (κ2) is 9.60. The number of amides is 1. The highest BCUT2D eigenvalue weighted by molar-refractivity contribution is 5.78. The lowest BCUT2D eigenvalue weighted by Crippen LogP contribution is -2.64. The Kier molecular flexibility index (Phi) is 6.58. The monoisotopic (exact) mass is 445 g/mol. The zero-order valence-corrected chi connectivity index (χ0v) is 20.2. The zero-order valence-electron chi connectivity index (χ0n) is 20.2. The van der Waals surface area contributed by atoms with Crippen LogP contribution in [0.25, 0.3) is 0 Å².